The Labute approximate surface area is 303 Å². The van der Waals surface area contributed by atoms with Gasteiger partial charge in [-0.15, -0.1) is 0 Å². The molecule has 246 valence electrons. The van der Waals surface area contributed by atoms with E-state index in [0.717, 1.165) is 50.7 Å². The van der Waals surface area contributed by atoms with Gasteiger partial charge in [-0.2, -0.15) is 0 Å². The maximum absolute atomic E-state index is 6.99. The topological polar surface area (TPSA) is 27.1 Å². The van der Waals surface area contributed by atoms with Crippen LogP contribution in [0.4, 0.5) is 0 Å². The first-order chi connectivity index (χ1) is 25.5. The maximum atomic E-state index is 6.99. The summed E-state index contributed by atoms with van der Waals surface area (Å²) < 4.78 is 9.28. The van der Waals surface area contributed by atoms with Crippen LogP contribution in [0.2, 0.25) is 0 Å². The lowest BCUT2D eigenvalue weighted by Gasteiger charge is -2.43. The third-order valence-electron chi connectivity index (χ3n) is 11.7. The summed E-state index contributed by atoms with van der Waals surface area (Å²) in [5.74, 6) is 2.70. The summed E-state index contributed by atoms with van der Waals surface area (Å²) in [4.78, 5) is 5.31. The quantitative estimate of drug-likeness (QED) is 0.184. The predicted molar refractivity (Wildman–Crippen MR) is 211 cm³/mol. The highest BCUT2D eigenvalue weighted by atomic mass is 16.5. The van der Waals surface area contributed by atoms with E-state index in [9.17, 15) is 0 Å². The van der Waals surface area contributed by atoms with Crippen LogP contribution in [0, 0.1) is 0 Å². The molecule has 0 radical (unpaired) electrons. The van der Waals surface area contributed by atoms with Gasteiger partial charge in [0.05, 0.1) is 16.4 Å². The molecule has 0 bridgehead atoms. The van der Waals surface area contributed by atoms with Gasteiger partial charge in [0.15, 0.2) is 0 Å². The minimum Gasteiger partial charge on any atom is -0.457 e. The van der Waals surface area contributed by atoms with E-state index in [-0.39, 0.29) is 5.41 Å². The standard InChI is InChI=1S/C49H34N2O/c1-48(2)38-19-9-7-17-35(38)36-29-42-46(30-41(36)48)52-45-23-13-10-20-39(45)49(42)37-18-8-6-14-31(37)24-25-32-26-27-33(28-40(32)49)47-50-43-21-11-12-22-44(43)51(47)34-15-4-3-5-16-34/h3-30H,1-2H3. The van der Waals surface area contributed by atoms with Gasteiger partial charge < -0.3 is 4.74 Å². The first-order valence-electron chi connectivity index (χ1n) is 18.0. The number of hydrogen-bond donors (Lipinski definition) is 0. The van der Waals surface area contributed by atoms with Crippen LogP contribution in [0.5, 0.6) is 11.5 Å². The minimum atomic E-state index is -0.685. The molecule has 0 N–H and O–H groups in total. The second kappa shape index (κ2) is 10.5. The van der Waals surface area contributed by atoms with Crippen molar-refractivity contribution in [1.82, 2.24) is 9.55 Å². The third kappa shape index (κ3) is 3.83. The Bertz CT molecular complexity index is 2800. The lowest BCUT2D eigenvalue weighted by molar-refractivity contribution is 0.433. The lowest BCUT2D eigenvalue weighted by Crippen LogP contribution is -2.35. The predicted octanol–water partition coefficient (Wildman–Crippen LogP) is 12.0. The van der Waals surface area contributed by atoms with Gasteiger partial charge in [0.2, 0.25) is 0 Å². The number of imidazole rings is 1. The lowest BCUT2D eigenvalue weighted by atomic mass is 9.61. The van der Waals surface area contributed by atoms with Gasteiger partial charge in [0.25, 0.3) is 0 Å². The van der Waals surface area contributed by atoms with E-state index < -0.39 is 5.41 Å². The molecular formula is C49H34N2O. The van der Waals surface area contributed by atoms with Crippen molar-refractivity contribution in [2.45, 2.75) is 24.7 Å². The number of hydrogen-bond acceptors (Lipinski definition) is 2. The zero-order valence-electron chi connectivity index (χ0n) is 29.0. The molecule has 1 aliphatic heterocycles. The van der Waals surface area contributed by atoms with Crippen molar-refractivity contribution in [3.05, 3.63) is 202 Å². The minimum absolute atomic E-state index is 0.154. The van der Waals surface area contributed by atoms with Gasteiger partial charge in [-0.1, -0.05) is 135 Å². The summed E-state index contributed by atoms with van der Waals surface area (Å²) in [6.07, 6.45) is 4.57. The molecule has 8 aromatic rings. The van der Waals surface area contributed by atoms with Crippen molar-refractivity contribution >= 4 is 23.2 Å². The van der Waals surface area contributed by atoms with Crippen molar-refractivity contribution in [3.63, 3.8) is 0 Å². The number of rotatable bonds is 2. The van der Waals surface area contributed by atoms with Crippen LogP contribution in [-0.2, 0) is 10.8 Å². The highest BCUT2D eigenvalue weighted by molar-refractivity contribution is 5.89. The summed E-state index contributed by atoms with van der Waals surface area (Å²) in [6.45, 7) is 4.67. The number of nitrogens with zero attached hydrogens (tertiary/aromatic N) is 2. The highest BCUT2D eigenvalue weighted by Crippen LogP contribution is 2.61. The normalized spacial score (nSPS) is 17.0. The average molecular weight is 667 g/mol. The van der Waals surface area contributed by atoms with Crippen LogP contribution < -0.4 is 4.74 Å². The van der Waals surface area contributed by atoms with E-state index in [0.29, 0.717) is 0 Å². The van der Waals surface area contributed by atoms with Crippen molar-refractivity contribution in [1.29, 1.82) is 0 Å². The molecule has 0 saturated carbocycles. The van der Waals surface area contributed by atoms with Crippen molar-refractivity contribution in [2.24, 2.45) is 0 Å². The molecule has 1 unspecified atom stereocenters. The van der Waals surface area contributed by atoms with Crippen LogP contribution in [0.15, 0.2) is 158 Å². The first-order valence-corrected chi connectivity index (χ1v) is 18.0. The van der Waals surface area contributed by atoms with E-state index in [1.165, 1.54) is 44.5 Å². The van der Waals surface area contributed by atoms with Crippen LogP contribution >= 0.6 is 0 Å². The smallest absolute Gasteiger partial charge is 0.145 e. The Hall–Kier alpha value is -6.45. The van der Waals surface area contributed by atoms with E-state index >= 15 is 0 Å². The van der Waals surface area contributed by atoms with E-state index in [2.05, 4.69) is 188 Å². The van der Waals surface area contributed by atoms with Crippen molar-refractivity contribution in [3.8, 4) is 39.7 Å². The molecule has 11 rings (SSSR count). The number of benzene rings is 7. The molecule has 3 nitrogen and oxygen atoms in total. The average Bonchev–Trinajstić information content (AvgIpc) is 3.63. The van der Waals surface area contributed by atoms with Crippen molar-refractivity contribution < 1.29 is 4.74 Å². The fraction of sp³-hybridized carbons (Fsp3) is 0.0816. The Balaban J connectivity index is 1.27. The second-order valence-corrected chi connectivity index (χ2v) is 14.7. The van der Waals surface area contributed by atoms with Gasteiger partial charge in [-0.05, 0) is 93.0 Å². The van der Waals surface area contributed by atoms with Gasteiger partial charge in [-0.25, -0.2) is 4.98 Å². The molecule has 0 amide bonds. The molecule has 3 heteroatoms. The van der Waals surface area contributed by atoms with Crippen LogP contribution in [0.1, 0.15) is 58.4 Å². The number of aromatic nitrogens is 2. The summed E-state index contributed by atoms with van der Waals surface area (Å²) in [5, 5.41) is 0. The van der Waals surface area contributed by atoms with E-state index in [1.807, 2.05) is 0 Å². The second-order valence-electron chi connectivity index (χ2n) is 14.7. The molecule has 2 aliphatic carbocycles. The SMILES string of the molecule is CC1(C)c2ccccc2-c2cc3c(cc21)Oc1ccccc1C31c2ccccc2C=Cc2ccc(-c3nc4ccccc4n3-c3ccccc3)cc21. The van der Waals surface area contributed by atoms with Gasteiger partial charge in [0.1, 0.15) is 17.3 Å². The third-order valence-corrected chi connectivity index (χ3v) is 11.7. The number of fused-ring (bicyclic) bond motifs is 12. The molecule has 1 aromatic heterocycles. The summed E-state index contributed by atoms with van der Waals surface area (Å²) in [6, 6.07) is 57.1. The molecule has 1 spiro atoms. The van der Waals surface area contributed by atoms with Crippen LogP contribution in [-0.4, -0.2) is 9.55 Å². The summed E-state index contributed by atoms with van der Waals surface area (Å²) >= 11 is 0. The number of para-hydroxylation sites is 4. The number of ether oxygens (including phenoxy) is 1. The van der Waals surface area contributed by atoms with Gasteiger partial charge in [-0.3, -0.25) is 4.57 Å². The van der Waals surface area contributed by atoms with Gasteiger partial charge in [0, 0.05) is 27.8 Å². The summed E-state index contributed by atoms with van der Waals surface area (Å²) in [7, 11) is 0. The molecule has 2 heterocycles. The molecule has 0 fully saturated rings. The largest absolute Gasteiger partial charge is 0.457 e. The Morgan fingerprint density at radius 2 is 1.19 bits per heavy atom. The Morgan fingerprint density at radius 3 is 2.06 bits per heavy atom. The van der Waals surface area contributed by atoms with Crippen LogP contribution in [0.3, 0.4) is 0 Å². The van der Waals surface area contributed by atoms with E-state index in [1.54, 1.807) is 0 Å². The zero-order valence-corrected chi connectivity index (χ0v) is 29.0. The Morgan fingerprint density at radius 1 is 0.500 bits per heavy atom. The maximum Gasteiger partial charge on any atom is 0.145 e. The fourth-order valence-electron chi connectivity index (χ4n) is 9.35. The Kier molecular flexibility index (Phi) is 5.94. The van der Waals surface area contributed by atoms with E-state index in [4.69, 9.17) is 9.72 Å². The van der Waals surface area contributed by atoms with Gasteiger partial charge >= 0.3 is 0 Å². The van der Waals surface area contributed by atoms with Crippen molar-refractivity contribution in [2.75, 3.05) is 0 Å². The van der Waals surface area contributed by atoms with Crippen LogP contribution in [0.25, 0.3) is 51.4 Å². The molecule has 7 aromatic carbocycles. The first kappa shape index (κ1) is 29.3. The monoisotopic (exact) mass is 666 g/mol. The molecule has 1 atom stereocenters. The molecule has 3 aliphatic rings. The highest BCUT2D eigenvalue weighted by Gasteiger charge is 2.49. The summed E-state index contributed by atoms with van der Waals surface area (Å²) in [5.41, 5.74) is 15.7. The zero-order chi connectivity index (χ0) is 34.6. The molecule has 52 heavy (non-hydrogen) atoms. The molecule has 0 saturated heterocycles. The fourth-order valence-corrected chi connectivity index (χ4v) is 9.35. The molecular weight excluding hydrogens is 633 g/mol.